The fourth-order valence-corrected chi connectivity index (χ4v) is 4.38. The molecule has 1 saturated heterocycles. The lowest BCUT2D eigenvalue weighted by atomic mass is 9.86. The van der Waals surface area contributed by atoms with E-state index >= 15 is 0 Å². The van der Waals surface area contributed by atoms with Crippen molar-refractivity contribution in [2.24, 2.45) is 0 Å². The van der Waals surface area contributed by atoms with E-state index in [-0.39, 0.29) is 23.2 Å². The van der Waals surface area contributed by atoms with Crippen LogP contribution in [0.5, 0.6) is 0 Å². The first-order chi connectivity index (χ1) is 12.4. The van der Waals surface area contributed by atoms with Gasteiger partial charge < -0.3 is 5.32 Å². The average Bonchev–Trinajstić information content (AvgIpc) is 2.64. The minimum atomic E-state index is -3.81. The highest BCUT2D eigenvalue weighted by Gasteiger charge is 2.31. The number of hydrogen-bond acceptors (Lipinski definition) is 4. The molecule has 0 bridgehead atoms. The van der Waals surface area contributed by atoms with Crippen molar-refractivity contribution in [1.29, 1.82) is 5.26 Å². The maximum atomic E-state index is 13.6. The summed E-state index contributed by atoms with van der Waals surface area (Å²) in [6.45, 7) is 1.03. The molecular weight excluding hydrogens is 396 g/mol. The van der Waals surface area contributed by atoms with Crippen molar-refractivity contribution < 1.29 is 17.2 Å². The van der Waals surface area contributed by atoms with Gasteiger partial charge in [0.2, 0.25) is 10.0 Å². The number of halogens is 3. The summed E-state index contributed by atoms with van der Waals surface area (Å²) in [6.07, 6.45) is 0.589. The number of benzene rings is 2. The Morgan fingerprint density at radius 3 is 2.44 bits per heavy atom. The van der Waals surface area contributed by atoms with Crippen molar-refractivity contribution in [3.05, 3.63) is 65.2 Å². The van der Waals surface area contributed by atoms with E-state index in [9.17, 15) is 17.2 Å². The maximum absolute atomic E-state index is 13.6. The van der Waals surface area contributed by atoms with Gasteiger partial charge in [0.25, 0.3) is 0 Å². The fourth-order valence-electron chi connectivity index (χ4n) is 3.10. The van der Waals surface area contributed by atoms with Gasteiger partial charge in [0, 0.05) is 18.5 Å². The van der Waals surface area contributed by atoms with E-state index in [0.717, 1.165) is 12.1 Å². The molecule has 5 nitrogen and oxygen atoms in total. The average molecular weight is 414 g/mol. The highest BCUT2D eigenvalue weighted by molar-refractivity contribution is 7.89. The topological polar surface area (TPSA) is 82.0 Å². The van der Waals surface area contributed by atoms with Gasteiger partial charge >= 0.3 is 0 Å². The quantitative estimate of drug-likeness (QED) is 0.807. The molecular formula is C18H18ClF2N3O2S. The summed E-state index contributed by atoms with van der Waals surface area (Å²) in [5.41, 5.74) is 0.917. The number of hydrogen-bond donors (Lipinski definition) is 2. The molecule has 9 heteroatoms. The monoisotopic (exact) mass is 413 g/mol. The molecule has 2 N–H and O–H groups in total. The smallest absolute Gasteiger partial charge is 0.240 e. The Morgan fingerprint density at radius 2 is 1.81 bits per heavy atom. The molecule has 0 radical (unpaired) electrons. The number of sulfonamides is 1. The van der Waals surface area contributed by atoms with Gasteiger partial charge in [-0.1, -0.05) is 6.07 Å². The summed E-state index contributed by atoms with van der Waals surface area (Å²) >= 11 is 0. The molecule has 1 heterocycles. The largest absolute Gasteiger partial charge is 0.315 e. The fraction of sp³-hybridized carbons (Fsp3) is 0.278. The van der Waals surface area contributed by atoms with Gasteiger partial charge in [-0.15, -0.1) is 12.4 Å². The molecule has 2 aromatic rings. The van der Waals surface area contributed by atoms with Crippen LogP contribution < -0.4 is 10.0 Å². The van der Waals surface area contributed by atoms with Crippen molar-refractivity contribution in [3.8, 4) is 6.07 Å². The molecule has 144 valence electrons. The minimum Gasteiger partial charge on any atom is -0.315 e. The Labute approximate surface area is 162 Å². The van der Waals surface area contributed by atoms with E-state index in [4.69, 9.17) is 5.26 Å². The Balaban J connectivity index is 0.00000261. The molecule has 1 aliphatic rings. The molecule has 1 aliphatic heterocycles. The minimum absolute atomic E-state index is 0. The number of nitriles is 1. The number of nitrogens with zero attached hydrogens (tertiary/aromatic N) is 1. The van der Waals surface area contributed by atoms with Crippen LogP contribution in [0.15, 0.2) is 47.4 Å². The zero-order valence-electron chi connectivity index (χ0n) is 14.2. The Bertz CT molecular complexity index is 946. The van der Waals surface area contributed by atoms with E-state index < -0.39 is 27.7 Å². The maximum Gasteiger partial charge on any atom is 0.240 e. The van der Waals surface area contributed by atoms with Crippen molar-refractivity contribution in [3.63, 3.8) is 0 Å². The van der Waals surface area contributed by atoms with Crippen LogP contribution in [0.3, 0.4) is 0 Å². The van der Waals surface area contributed by atoms with Gasteiger partial charge in [0.1, 0.15) is 0 Å². The molecule has 1 fully saturated rings. The van der Waals surface area contributed by atoms with Crippen molar-refractivity contribution in [2.75, 3.05) is 13.1 Å². The lowest BCUT2D eigenvalue weighted by Crippen LogP contribution is -2.49. The van der Waals surface area contributed by atoms with Crippen molar-refractivity contribution in [1.82, 2.24) is 10.0 Å². The summed E-state index contributed by atoms with van der Waals surface area (Å²) in [7, 11) is -3.81. The first-order valence-corrected chi connectivity index (χ1v) is 9.57. The third-order valence-corrected chi connectivity index (χ3v) is 5.96. The molecule has 0 saturated carbocycles. The first kappa shape index (κ1) is 21.3. The van der Waals surface area contributed by atoms with E-state index in [0.29, 0.717) is 30.6 Å². The van der Waals surface area contributed by atoms with Gasteiger partial charge in [-0.2, -0.15) is 5.26 Å². The second kappa shape index (κ2) is 8.76. The lowest BCUT2D eigenvalue weighted by molar-refractivity contribution is 0.376. The van der Waals surface area contributed by atoms with Crippen LogP contribution in [0.25, 0.3) is 0 Å². The summed E-state index contributed by atoms with van der Waals surface area (Å²) in [5, 5.41) is 11.9. The predicted molar refractivity (Wildman–Crippen MR) is 99.1 cm³/mol. The van der Waals surface area contributed by atoms with Crippen molar-refractivity contribution in [2.45, 2.75) is 23.3 Å². The summed E-state index contributed by atoms with van der Waals surface area (Å²) in [6, 6.07) is 10.7. The number of rotatable bonds is 4. The van der Waals surface area contributed by atoms with E-state index in [2.05, 4.69) is 10.0 Å². The van der Waals surface area contributed by atoms with Crippen LogP contribution in [-0.2, 0) is 10.0 Å². The first-order valence-electron chi connectivity index (χ1n) is 8.09. The lowest BCUT2D eigenvalue weighted by Gasteiger charge is -2.33. The second-order valence-corrected chi connectivity index (χ2v) is 7.85. The molecule has 0 spiro atoms. The Kier molecular flexibility index (Phi) is 6.89. The number of nitrogens with one attached hydrogen (secondary N) is 2. The van der Waals surface area contributed by atoms with Crippen LogP contribution in [0.1, 0.15) is 23.5 Å². The van der Waals surface area contributed by atoms with Crippen LogP contribution in [0.2, 0.25) is 0 Å². The summed E-state index contributed by atoms with van der Waals surface area (Å²) < 4.78 is 54.7. The van der Waals surface area contributed by atoms with Gasteiger partial charge in [-0.3, -0.25) is 0 Å². The van der Waals surface area contributed by atoms with E-state index in [1.54, 1.807) is 0 Å². The highest BCUT2D eigenvalue weighted by atomic mass is 35.5. The zero-order valence-corrected chi connectivity index (χ0v) is 15.8. The highest BCUT2D eigenvalue weighted by Crippen LogP contribution is 2.28. The molecule has 2 aromatic carbocycles. The molecule has 2 unspecified atom stereocenters. The molecule has 0 aliphatic carbocycles. The second-order valence-electron chi connectivity index (χ2n) is 6.14. The van der Waals surface area contributed by atoms with Gasteiger partial charge in [0.15, 0.2) is 11.6 Å². The zero-order chi connectivity index (χ0) is 18.7. The Morgan fingerprint density at radius 1 is 1.11 bits per heavy atom. The van der Waals surface area contributed by atoms with Crippen LogP contribution in [0, 0.1) is 23.0 Å². The van der Waals surface area contributed by atoms with Crippen LogP contribution in [0.4, 0.5) is 8.78 Å². The molecule has 27 heavy (non-hydrogen) atoms. The molecule has 0 amide bonds. The predicted octanol–water partition coefficient (Wildman–Crippen LogP) is 2.68. The molecule has 3 rings (SSSR count). The standard InChI is InChI=1S/C18H17F2N3O2S.ClH/c19-16-6-3-13(9-17(16)20)15-7-8-22-11-18(15)23-26(24,25)14-4-1-12(10-21)2-5-14;/h1-6,9,15,18,22-23H,7-8,11H2;1H. The summed E-state index contributed by atoms with van der Waals surface area (Å²) in [4.78, 5) is 0.0473. The third-order valence-electron chi connectivity index (χ3n) is 4.45. The molecule has 2 atom stereocenters. The van der Waals surface area contributed by atoms with Gasteiger partial charge in [-0.05, 0) is 54.9 Å². The van der Waals surface area contributed by atoms with E-state index in [1.165, 1.54) is 30.3 Å². The summed E-state index contributed by atoms with van der Waals surface area (Å²) in [5.74, 6) is -2.16. The van der Waals surface area contributed by atoms with Gasteiger partial charge in [0.05, 0.1) is 16.5 Å². The Hall–Kier alpha value is -2.05. The van der Waals surface area contributed by atoms with Crippen LogP contribution >= 0.6 is 12.4 Å². The van der Waals surface area contributed by atoms with Crippen LogP contribution in [-0.4, -0.2) is 27.5 Å². The van der Waals surface area contributed by atoms with Gasteiger partial charge in [-0.25, -0.2) is 21.9 Å². The van der Waals surface area contributed by atoms with Crippen molar-refractivity contribution >= 4 is 22.4 Å². The normalized spacial score (nSPS) is 19.7. The SMILES string of the molecule is Cl.N#Cc1ccc(S(=O)(=O)NC2CNCCC2c2ccc(F)c(F)c2)cc1. The third kappa shape index (κ3) is 4.82. The molecule has 0 aromatic heterocycles. The number of piperidine rings is 1. The van der Waals surface area contributed by atoms with E-state index in [1.807, 2.05) is 6.07 Å².